The first-order valence-corrected chi connectivity index (χ1v) is 2.86. The lowest BCUT2D eigenvalue weighted by Crippen LogP contribution is -2.27. The van der Waals surface area contributed by atoms with Crippen LogP contribution >= 0.6 is 0 Å². The minimum Gasteiger partial charge on any atom is -0.447 e. The number of allylic oxidation sites excluding steroid dienone is 2. The van der Waals surface area contributed by atoms with Crippen LogP contribution in [-0.2, 0) is 4.74 Å². The Morgan fingerprint density at radius 1 is 1.80 bits per heavy atom. The van der Waals surface area contributed by atoms with Gasteiger partial charge in [-0.2, -0.15) is 0 Å². The molecule has 0 saturated heterocycles. The summed E-state index contributed by atoms with van der Waals surface area (Å²) in [6.45, 7) is 1.60. The van der Waals surface area contributed by atoms with E-state index < -0.39 is 5.72 Å². The molecule has 0 bridgehead atoms. The molecule has 0 fully saturated rings. The second-order valence-electron chi connectivity index (χ2n) is 2.18. The van der Waals surface area contributed by atoms with E-state index in [9.17, 15) is 0 Å². The molecule has 1 aliphatic heterocycles. The molecule has 0 amide bonds. The van der Waals surface area contributed by atoms with E-state index in [2.05, 4.69) is 5.11 Å². The summed E-state index contributed by atoms with van der Waals surface area (Å²) in [6, 6.07) is 0. The van der Waals surface area contributed by atoms with Crippen LogP contribution in [0.15, 0.2) is 29.2 Å². The van der Waals surface area contributed by atoms with Crippen LogP contribution in [0.2, 0.25) is 0 Å². The maximum absolute atomic E-state index is 8.43. The molecule has 53 valence electrons. The van der Waals surface area contributed by atoms with Crippen molar-refractivity contribution in [1.82, 2.24) is 5.53 Å². The van der Waals surface area contributed by atoms with Crippen molar-refractivity contribution in [3.8, 4) is 0 Å². The summed E-state index contributed by atoms with van der Waals surface area (Å²) >= 11 is 0. The second kappa shape index (κ2) is 2.13. The van der Waals surface area contributed by atoms with Crippen LogP contribution in [0.3, 0.4) is 0 Å². The number of rotatable bonds is 1. The third-order valence-electron chi connectivity index (χ3n) is 1.19. The Hall–Kier alpha value is -1.32. The second-order valence-corrected chi connectivity index (χ2v) is 2.18. The van der Waals surface area contributed by atoms with Gasteiger partial charge in [0.15, 0.2) is 5.88 Å². The lowest BCUT2D eigenvalue weighted by Gasteiger charge is -2.22. The van der Waals surface area contributed by atoms with Crippen LogP contribution in [-0.4, -0.2) is 5.72 Å². The molecule has 0 aromatic heterocycles. The summed E-state index contributed by atoms with van der Waals surface area (Å²) in [5.74, 6) is 0.253. The quantitative estimate of drug-likeness (QED) is 0.531. The van der Waals surface area contributed by atoms with E-state index >= 15 is 0 Å². The zero-order valence-corrected chi connectivity index (χ0v) is 5.61. The summed E-state index contributed by atoms with van der Waals surface area (Å²) in [5, 5.41) is 3.00. The largest absolute Gasteiger partial charge is 0.447 e. The third kappa shape index (κ3) is 1.15. The monoisotopic (exact) mass is 138 g/mol. The van der Waals surface area contributed by atoms with Gasteiger partial charge in [0.05, 0.1) is 0 Å². The highest BCUT2D eigenvalue weighted by Crippen LogP contribution is 2.19. The Balaban J connectivity index is 2.80. The van der Waals surface area contributed by atoms with E-state index in [0.717, 1.165) is 0 Å². The van der Waals surface area contributed by atoms with Crippen LogP contribution in [0.5, 0.6) is 0 Å². The Kier molecular flexibility index (Phi) is 1.45. The predicted molar refractivity (Wildman–Crippen MR) is 35.5 cm³/mol. The van der Waals surface area contributed by atoms with E-state index in [1.165, 1.54) is 0 Å². The summed E-state index contributed by atoms with van der Waals surface area (Å²) in [7, 11) is 0. The molecule has 10 heavy (non-hydrogen) atoms. The van der Waals surface area contributed by atoms with Gasteiger partial charge in [-0.1, -0.05) is 6.08 Å². The van der Waals surface area contributed by atoms with E-state index in [4.69, 9.17) is 16.0 Å². The van der Waals surface area contributed by atoms with E-state index in [1.807, 2.05) is 0 Å². The Morgan fingerprint density at radius 3 is 2.90 bits per heavy atom. The lowest BCUT2D eigenvalue weighted by molar-refractivity contribution is 0.0581. The third-order valence-corrected chi connectivity index (χ3v) is 1.19. The van der Waals surface area contributed by atoms with Crippen molar-refractivity contribution in [2.75, 3.05) is 0 Å². The van der Waals surface area contributed by atoms with Crippen molar-refractivity contribution in [1.29, 1.82) is 0 Å². The fourth-order valence-electron chi connectivity index (χ4n) is 0.682. The first kappa shape index (κ1) is 6.80. The van der Waals surface area contributed by atoms with Gasteiger partial charge in [0.2, 0.25) is 5.72 Å². The highest BCUT2D eigenvalue weighted by atomic mass is 16.5. The van der Waals surface area contributed by atoms with Crippen molar-refractivity contribution in [2.45, 2.75) is 12.6 Å². The summed E-state index contributed by atoms with van der Waals surface area (Å²) in [4.78, 5) is 0. The average molecular weight is 138 g/mol. The van der Waals surface area contributed by atoms with Crippen molar-refractivity contribution in [3.63, 3.8) is 0 Å². The highest BCUT2D eigenvalue weighted by Gasteiger charge is 2.23. The van der Waals surface area contributed by atoms with Gasteiger partial charge in [-0.3, -0.25) is 0 Å². The average Bonchev–Trinajstić information content (AvgIpc) is 1.88. The molecule has 1 aliphatic rings. The van der Waals surface area contributed by atoms with Gasteiger partial charge in [0.25, 0.3) is 0 Å². The maximum atomic E-state index is 8.43. The molecule has 1 atom stereocenters. The number of nitrogens with zero attached hydrogens (tertiary/aromatic N) is 2. The van der Waals surface area contributed by atoms with Crippen LogP contribution in [0.4, 0.5) is 0 Å². The van der Waals surface area contributed by atoms with Gasteiger partial charge in [-0.05, 0) is 17.7 Å². The fraction of sp³-hybridized carbons (Fsp3) is 0.333. The zero-order valence-electron chi connectivity index (χ0n) is 5.61. The number of ether oxygens (including phenoxy) is 1. The van der Waals surface area contributed by atoms with Crippen LogP contribution in [0.25, 0.3) is 0 Å². The standard InChI is InChI=1S/C6H8N3O/c1-6(9-8)4-2-3-5(7)10-6/h2-4H,7H2,1H3. The SMILES string of the molecule is CC1(N=[N])C=CC=C(N)O1. The molecule has 1 rings (SSSR count). The van der Waals surface area contributed by atoms with E-state index in [1.54, 1.807) is 25.2 Å². The van der Waals surface area contributed by atoms with Crippen molar-refractivity contribution < 1.29 is 4.74 Å². The maximum Gasteiger partial charge on any atom is 0.239 e. The molecule has 0 spiro atoms. The number of hydrogen-bond donors (Lipinski definition) is 1. The Bertz CT molecular complexity index is 209. The van der Waals surface area contributed by atoms with Crippen molar-refractivity contribution in [3.05, 3.63) is 24.1 Å². The molecule has 0 aliphatic carbocycles. The molecule has 1 unspecified atom stereocenters. The molecule has 0 aromatic rings. The van der Waals surface area contributed by atoms with E-state index in [-0.39, 0.29) is 5.88 Å². The minimum absolute atomic E-state index is 0.253. The lowest BCUT2D eigenvalue weighted by atomic mass is 10.2. The summed E-state index contributed by atoms with van der Waals surface area (Å²) in [5.41, 5.74) is 12.7. The minimum atomic E-state index is -1.00. The van der Waals surface area contributed by atoms with Gasteiger partial charge < -0.3 is 10.5 Å². The molecule has 1 heterocycles. The smallest absolute Gasteiger partial charge is 0.239 e. The number of nitrogens with two attached hydrogens (primary N) is 1. The predicted octanol–water partition coefficient (Wildman–Crippen LogP) is 0.341. The molecule has 4 heteroatoms. The Labute approximate surface area is 58.9 Å². The van der Waals surface area contributed by atoms with Crippen molar-refractivity contribution in [2.24, 2.45) is 10.8 Å². The first-order valence-electron chi connectivity index (χ1n) is 2.86. The molecular weight excluding hydrogens is 130 g/mol. The Morgan fingerprint density at radius 2 is 2.50 bits per heavy atom. The number of hydrogen-bond acceptors (Lipinski definition) is 3. The fourth-order valence-corrected chi connectivity index (χ4v) is 0.682. The molecule has 2 N–H and O–H groups in total. The molecule has 4 nitrogen and oxygen atoms in total. The van der Waals surface area contributed by atoms with Crippen LogP contribution < -0.4 is 11.3 Å². The van der Waals surface area contributed by atoms with Gasteiger partial charge in [-0.15, -0.1) is 5.11 Å². The normalized spacial score (nSPS) is 30.7. The molecular formula is C6H8N3O. The molecule has 0 aromatic carbocycles. The van der Waals surface area contributed by atoms with Crippen LogP contribution in [0, 0.1) is 0 Å². The van der Waals surface area contributed by atoms with Gasteiger partial charge in [0, 0.05) is 6.92 Å². The zero-order chi connectivity index (χ0) is 7.61. The van der Waals surface area contributed by atoms with Crippen molar-refractivity contribution >= 4 is 0 Å². The van der Waals surface area contributed by atoms with Gasteiger partial charge in [-0.25, -0.2) is 0 Å². The highest BCUT2D eigenvalue weighted by molar-refractivity contribution is 5.15. The van der Waals surface area contributed by atoms with Gasteiger partial charge in [0.1, 0.15) is 0 Å². The summed E-state index contributed by atoms with van der Waals surface area (Å²) in [6.07, 6.45) is 4.87. The molecule has 1 radical (unpaired) electrons. The van der Waals surface area contributed by atoms with Gasteiger partial charge >= 0.3 is 0 Å². The topological polar surface area (TPSA) is 69.9 Å². The van der Waals surface area contributed by atoms with E-state index in [0.29, 0.717) is 0 Å². The first-order chi connectivity index (χ1) is 4.66. The summed E-state index contributed by atoms with van der Waals surface area (Å²) < 4.78 is 4.96. The van der Waals surface area contributed by atoms with Crippen LogP contribution in [0.1, 0.15) is 6.92 Å². The molecule has 0 saturated carbocycles.